The molecule has 15 heavy (non-hydrogen) atoms. The van der Waals surface area contributed by atoms with Crippen molar-refractivity contribution in [3.05, 3.63) is 0 Å². The van der Waals surface area contributed by atoms with Gasteiger partial charge >= 0.3 is 5.97 Å². The highest BCUT2D eigenvalue weighted by Gasteiger charge is 2.17. The molecule has 0 bridgehead atoms. The summed E-state index contributed by atoms with van der Waals surface area (Å²) in [5.41, 5.74) is 0. The van der Waals surface area contributed by atoms with Crippen molar-refractivity contribution in [1.29, 1.82) is 5.26 Å². The van der Waals surface area contributed by atoms with Crippen molar-refractivity contribution in [2.24, 2.45) is 0 Å². The van der Waals surface area contributed by atoms with E-state index in [4.69, 9.17) is 5.26 Å². The fourth-order valence-corrected chi connectivity index (χ4v) is 1.50. The number of ether oxygens (including phenoxy) is 1. The quantitative estimate of drug-likeness (QED) is 0.462. The van der Waals surface area contributed by atoms with Crippen LogP contribution in [0.15, 0.2) is 0 Å². The highest BCUT2D eigenvalue weighted by Crippen LogP contribution is 1.96. The number of nitrogens with zero attached hydrogens (tertiary/aromatic N) is 2. The van der Waals surface area contributed by atoms with Gasteiger partial charge in [0.15, 0.2) is 0 Å². The lowest BCUT2D eigenvalue weighted by atomic mass is 10.4. The zero-order chi connectivity index (χ0) is 11.9. The van der Waals surface area contributed by atoms with Crippen molar-refractivity contribution in [2.45, 2.75) is 6.42 Å². The number of nitrogens with one attached hydrogen (secondary N) is 1. The Labute approximate surface area is 88.8 Å². The van der Waals surface area contributed by atoms with Gasteiger partial charge in [-0.05, 0) is 0 Å². The molecule has 0 rings (SSSR count). The number of hydrogen-bond acceptors (Lipinski definition) is 5. The van der Waals surface area contributed by atoms with Crippen molar-refractivity contribution in [3.63, 3.8) is 0 Å². The summed E-state index contributed by atoms with van der Waals surface area (Å²) in [5.74, 6) is -0.489. The lowest BCUT2D eigenvalue weighted by Gasteiger charge is -2.15. The third kappa shape index (κ3) is 5.31. The van der Waals surface area contributed by atoms with Gasteiger partial charge in [-0.2, -0.15) is 22.7 Å². The molecule has 0 aliphatic heterocycles. The van der Waals surface area contributed by atoms with Crippen LogP contribution in [0.5, 0.6) is 0 Å². The van der Waals surface area contributed by atoms with E-state index in [1.807, 2.05) is 4.72 Å². The molecule has 0 radical (unpaired) electrons. The van der Waals surface area contributed by atoms with E-state index in [0.29, 0.717) is 0 Å². The van der Waals surface area contributed by atoms with Crippen LogP contribution in [-0.4, -0.2) is 45.9 Å². The standard InChI is InChI=1S/C7H13N3O4S/c1-10(6-3-7(11)14-2)15(12,13)9-5-4-8/h9H,3,5-6H2,1-2H3. The molecule has 8 heteroatoms. The molecule has 86 valence electrons. The third-order valence-corrected chi connectivity index (χ3v) is 3.11. The summed E-state index contributed by atoms with van der Waals surface area (Å²) in [6, 6.07) is 1.65. The first-order chi connectivity index (χ1) is 6.94. The summed E-state index contributed by atoms with van der Waals surface area (Å²) in [4.78, 5) is 10.7. The molecule has 0 atom stereocenters. The van der Waals surface area contributed by atoms with Gasteiger partial charge in [0.1, 0.15) is 0 Å². The molecule has 0 unspecified atom stereocenters. The summed E-state index contributed by atoms with van der Waals surface area (Å²) >= 11 is 0. The van der Waals surface area contributed by atoms with Crippen LogP contribution < -0.4 is 4.72 Å². The van der Waals surface area contributed by atoms with E-state index in [1.54, 1.807) is 6.07 Å². The maximum absolute atomic E-state index is 11.3. The Kier molecular flexibility index (Phi) is 5.84. The number of esters is 1. The van der Waals surface area contributed by atoms with Gasteiger partial charge in [0.25, 0.3) is 10.2 Å². The molecular weight excluding hydrogens is 222 g/mol. The van der Waals surface area contributed by atoms with Gasteiger partial charge in [-0.3, -0.25) is 4.79 Å². The van der Waals surface area contributed by atoms with Gasteiger partial charge in [0.05, 0.1) is 26.1 Å². The Morgan fingerprint density at radius 1 is 1.60 bits per heavy atom. The predicted molar refractivity (Wildman–Crippen MR) is 51.8 cm³/mol. The van der Waals surface area contributed by atoms with E-state index < -0.39 is 16.2 Å². The first-order valence-electron chi connectivity index (χ1n) is 4.08. The summed E-state index contributed by atoms with van der Waals surface area (Å²) in [6.07, 6.45) is -0.0273. The van der Waals surface area contributed by atoms with Crippen LogP contribution in [0.2, 0.25) is 0 Å². The second-order valence-electron chi connectivity index (χ2n) is 2.63. The first-order valence-corrected chi connectivity index (χ1v) is 5.52. The highest BCUT2D eigenvalue weighted by molar-refractivity contribution is 7.87. The van der Waals surface area contributed by atoms with Crippen molar-refractivity contribution in [3.8, 4) is 6.07 Å². The lowest BCUT2D eigenvalue weighted by molar-refractivity contribution is -0.140. The van der Waals surface area contributed by atoms with Gasteiger partial charge in [-0.1, -0.05) is 0 Å². The number of hydrogen-bond donors (Lipinski definition) is 1. The monoisotopic (exact) mass is 235 g/mol. The smallest absolute Gasteiger partial charge is 0.306 e. The number of carbonyl (C=O) groups excluding carboxylic acids is 1. The van der Waals surface area contributed by atoms with Crippen LogP contribution in [-0.2, 0) is 19.7 Å². The Bertz CT molecular complexity index is 346. The van der Waals surface area contributed by atoms with E-state index in [9.17, 15) is 13.2 Å². The normalized spacial score (nSPS) is 11.1. The summed E-state index contributed by atoms with van der Waals surface area (Å²) < 4.78 is 29.9. The fourth-order valence-electron chi connectivity index (χ4n) is 0.705. The highest BCUT2D eigenvalue weighted by atomic mass is 32.2. The molecule has 0 amide bonds. The molecule has 0 aromatic carbocycles. The van der Waals surface area contributed by atoms with Gasteiger partial charge in [0.2, 0.25) is 0 Å². The van der Waals surface area contributed by atoms with Crippen LogP contribution in [0.1, 0.15) is 6.42 Å². The zero-order valence-electron chi connectivity index (χ0n) is 8.56. The summed E-state index contributed by atoms with van der Waals surface area (Å²) in [7, 11) is -1.14. The molecule has 1 N–H and O–H groups in total. The van der Waals surface area contributed by atoms with E-state index in [2.05, 4.69) is 4.74 Å². The Balaban J connectivity index is 4.15. The average molecular weight is 235 g/mol. The number of methoxy groups -OCH3 is 1. The summed E-state index contributed by atoms with van der Waals surface area (Å²) in [5, 5.41) is 8.20. The zero-order valence-corrected chi connectivity index (χ0v) is 9.37. The average Bonchev–Trinajstić information content (AvgIpc) is 2.22. The maximum Gasteiger partial charge on any atom is 0.306 e. The minimum absolute atomic E-state index is 0.00738. The van der Waals surface area contributed by atoms with Crippen LogP contribution in [0, 0.1) is 11.3 Å². The Morgan fingerprint density at radius 2 is 2.20 bits per heavy atom. The van der Waals surface area contributed by atoms with Crippen molar-refractivity contribution >= 4 is 16.2 Å². The van der Waals surface area contributed by atoms with Gasteiger partial charge < -0.3 is 4.74 Å². The molecule has 0 saturated heterocycles. The number of nitriles is 1. The Hall–Kier alpha value is -1.17. The van der Waals surface area contributed by atoms with E-state index in [0.717, 1.165) is 4.31 Å². The van der Waals surface area contributed by atoms with E-state index >= 15 is 0 Å². The Morgan fingerprint density at radius 3 is 2.67 bits per heavy atom. The first kappa shape index (κ1) is 13.8. The molecule has 0 aromatic rings. The molecule has 0 aliphatic rings. The molecule has 0 fully saturated rings. The van der Waals surface area contributed by atoms with Crippen LogP contribution in [0.4, 0.5) is 0 Å². The number of rotatable bonds is 6. The topological polar surface area (TPSA) is 99.5 Å². The van der Waals surface area contributed by atoms with Crippen LogP contribution in [0.25, 0.3) is 0 Å². The van der Waals surface area contributed by atoms with E-state index in [1.165, 1.54) is 14.2 Å². The van der Waals surface area contributed by atoms with Gasteiger partial charge in [-0.15, -0.1) is 0 Å². The van der Waals surface area contributed by atoms with Crippen molar-refractivity contribution < 1.29 is 17.9 Å². The van der Waals surface area contributed by atoms with E-state index in [-0.39, 0.29) is 19.5 Å². The van der Waals surface area contributed by atoms with Crippen molar-refractivity contribution in [1.82, 2.24) is 9.03 Å². The second kappa shape index (κ2) is 6.34. The molecule has 0 aromatic heterocycles. The third-order valence-electron chi connectivity index (χ3n) is 1.60. The van der Waals surface area contributed by atoms with Crippen LogP contribution >= 0.6 is 0 Å². The van der Waals surface area contributed by atoms with Crippen molar-refractivity contribution in [2.75, 3.05) is 27.2 Å². The minimum Gasteiger partial charge on any atom is -0.469 e. The van der Waals surface area contributed by atoms with Crippen LogP contribution in [0.3, 0.4) is 0 Å². The molecule has 7 nitrogen and oxygen atoms in total. The predicted octanol–water partition coefficient (Wildman–Crippen LogP) is -1.16. The molecule has 0 heterocycles. The molecule has 0 saturated carbocycles. The molecule has 0 aliphatic carbocycles. The molecular formula is C7H13N3O4S. The largest absolute Gasteiger partial charge is 0.469 e. The number of carbonyl (C=O) groups is 1. The SMILES string of the molecule is COC(=O)CCN(C)S(=O)(=O)NCC#N. The van der Waals surface area contributed by atoms with Gasteiger partial charge in [0, 0.05) is 13.6 Å². The second-order valence-corrected chi connectivity index (χ2v) is 4.49. The fraction of sp³-hybridized carbons (Fsp3) is 0.714. The maximum atomic E-state index is 11.3. The summed E-state index contributed by atoms with van der Waals surface area (Å²) in [6.45, 7) is -0.293. The van der Waals surface area contributed by atoms with Gasteiger partial charge in [-0.25, -0.2) is 0 Å². The lowest BCUT2D eigenvalue weighted by Crippen LogP contribution is -2.39. The molecule has 0 spiro atoms. The minimum atomic E-state index is -3.67.